The van der Waals surface area contributed by atoms with Crippen LogP contribution in [-0.4, -0.2) is 48.6 Å². The number of fused-ring (bicyclic) bond motifs is 2. The third-order valence-electron chi connectivity index (χ3n) is 4.23. The molecule has 1 aromatic carbocycles. The van der Waals surface area contributed by atoms with Crippen molar-refractivity contribution < 1.29 is 9.59 Å². The van der Waals surface area contributed by atoms with Gasteiger partial charge in [0.15, 0.2) is 0 Å². The van der Waals surface area contributed by atoms with E-state index in [-0.39, 0.29) is 11.8 Å². The van der Waals surface area contributed by atoms with Crippen LogP contribution in [0.3, 0.4) is 0 Å². The lowest BCUT2D eigenvalue weighted by molar-refractivity contribution is 0.0655. The Morgan fingerprint density at radius 1 is 1.04 bits per heavy atom. The topological polar surface area (TPSA) is 80.5 Å². The molecule has 4 rings (SSSR count). The summed E-state index contributed by atoms with van der Waals surface area (Å²) in [6.07, 6.45) is 0.678. The van der Waals surface area contributed by atoms with Crippen molar-refractivity contribution in [3.8, 4) is 0 Å². The Kier molecular flexibility index (Phi) is 4.20. The predicted octanol–water partition coefficient (Wildman–Crippen LogP) is 2.52. The van der Waals surface area contributed by atoms with E-state index in [0.717, 1.165) is 11.4 Å². The average molecular weight is 367 g/mol. The standard InChI is InChI=1S/C18H17N5O2S/c1-11-10-12(2)23-17(19-11)20-18(21-23)26-9-5-8-22-15(24)13-6-3-4-7-14(13)16(22)25/h3-4,6-7,10H,5,8-9H2,1-2H3. The second kappa shape index (κ2) is 6.53. The second-order valence-electron chi connectivity index (χ2n) is 6.15. The average Bonchev–Trinajstić information content (AvgIpc) is 3.13. The number of carbonyl (C=O) groups excluding carboxylic acids is 2. The summed E-state index contributed by atoms with van der Waals surface area (Å²) in [7, 11) is 0. The minimum absolute atomic E-state index is 0.211. The third-order valence-corrected chi connectivity index (χ3v) is 5.16. The number of amides is 2. The summed E-state index contributed by atoms with van der Waals surface area (Å²) in [6.45, 7) is 4.28. The quantitative estimate of drug-likeness (QED) is 0.392. The molecule has 0 unspecified atom stereocenters. The van der Waals surface area contributed by atoms with E-state index in [1.165, 1.54) is 16.7 Å². The van der Waals surface area contributed by atoms with Crippen LogP contribution in [0.15, 0.2) is 35.5 Å². The van der Waals surface area contributed by atoms with Crippen molar-refractivity contribution >= 4 is 29.4 Å². The number of hydrogen-bond acceptors (Lipinski definition) is 6. The van der Waals surface area contributed by atoms with Gasteiger partial charge in [-0.15, -0.1) is 5.10 Å². The van der Waals surface area contributed by atoms with Crippen molar-refractivity contribution in [1.82, 2.24) is 24.5 Å². The Morgan fingerprint density at radius 2 is 1.73 bits per heavy atom. The zero-order valence-corrected chi connectivity index (χ0v) is 15.3. The van der Waals surface area contributed by atoms with Gasteiger partial charge < -0.3 is 0 Å². The molecule has 3 aromatic rings. The zero-order valence-electron chi connectivity index (χ0n) is 14.5. The molecule has 0 saturated carbocycles. The van der Waals surface area contributed by atoms with Crippen molar-refractivity contribution in [2.24, 2.45) is 0 Å². The van der Waals surface area contributed by atoms with Crippen LogP contribution in [0.2, 0.25) is 0 Å². The monoisotopic (exact) mass is 367 g/mol. The highest BCUT2D eigenvalue weighted by molar-refractivity contribution is 7.99. The molecule has 0 radical (unpaired) electrons. The van der Waals surface area contributed by atoms with Crippen molar-refractivity contribution in [3.05, 3.63) is 52.8 Å². The number of thioether (sulfide) groups is 1. The number of carbonyl (C=O) groups is 2. The zero-order chi connectivity index (χ0) is 18.3. The molecule has 2 aromatic heterocycles. The van der Waals surface area contributed by atoms with Crippen LogP contribution in [0.25, 0.3) is 5.78 Å². The minimum atomic E-state index is -0.211. The summed E-state index contributed by atoms with van der Waals surface area (Å²) < 4.78 is 1.72. The van der Waals surface area contributed by atoms with Gasteiger partial charge in [-0.1, -0.05) is 23.9 Å². The molecule has 0 saturated heterocycles. The van der Waals surface area contributed by atoms with E-state index in [4.69, 9.17) is 0 Å². The molecule has 0 N–H and O–H groups in total. The van der Waals surface area contributed by atoms with Crippen molar-refractivity contribution in [1.29, 1.82) is 0 Å². The Morgan fingerprint density at radius 3 is 2.42 bits per heavy atom. The van der Waals surface area contributed by atoms with E-state index in [0.29, 0.717) is 40.8 Å². The number of aromatic nitrogens is 4. The number of hydrogen-bond donors (Lipinski definition) is 0. The Bertz CT molecular complexity index is 995. The van der Waals surface area contributed by atoms with E-state index < -0.39 is 0 Å². The number of rotatable bonds is 5. The fraction of sp³-hybridized carbons (Fsp3) is 0.278. The molecular weight excluding hydrogens is 350 g/mol. The van der Waals surface area contributed by atoms with Gasteiger partial charge in [0.1, 0.15) is 0 Å². The van der Waals surface area contributed by atoms with Crippen LogP contribution in [0.4, 0.5) is 0 Å². The van der Waals surface area contributed by atoms with Crippen LogP contribution >= 0.6 is 11.8 Å². The Labute approximate surface area is 154 Å². The highest BCUT2D eigenvalue weighted by Crippen LogP contribution is 2.23. The number of aryl methyl sites for hydroxylation is 2. The molecular formula is C18H17N5O2S. The van der Waals surface area contributed by atoms with Gasteiger partial charge >= 0.3 is 0 Å². The van der Waals surface area contributed by atoms with E-state index in [2.05, 4.69) is 15.1 Å². The Hall–Kier alpha value is -2.74. The van der Waals surface area contributed by atoms with Gasteiger partial charge in [0.2, 0.25) is 5.16 Å². The first kappa shape index (κ1) is 16.7. The molecule has 0 aliphatic carbocycles. The number of nitrogens with zero attached hydrogens (tertiary/aromatic N) is 5. The van der Waals surface area contributed by atoms with Crippen LogP contribution in [0, 0.1) is 13.8 Å². The van der Waals surface area contributed by atoms with Gasteiger partial charge in [-0.2, -0.15) is 4.98 Å². The van der Waals surface area contributed by atoms with E-state index in [9.17, 15) is 9.59 Å². The summed E-state index contributed by atoms with van der Waals surface area (Å²) >= 11 is 1.50. The molecule has 0 bridgehead atoms. The van der Waals surface area contributed by atoms with Gasteiger partial charge in [-0.25, -0.2) is 9.50 Å². The summed E-state index contributed by atoms with van der Waals surface area (Å²) in [6, 6.07) is 8.90. The van der Waals surface area contributed by atoms with Gasteiger partial charge in [-0.05, 0) is 38.5 Å². The molecule has 1 aliphatic heterocycles. The molecule has 3 heterocycles. The first-order valence-corrected chi connectivity index (χ1v) is 9.32. The maximum Gasteiger partial charge on any atom is 0.261 e. The fourth-order valence-electron chi connectivity index (χ4n) is 3.04. The maximum atomic E-state index is 12.3. The normalized spacial score (nSPS) is 13.7. The Balaban J connectivity index is 1.37. The van der Waals surface area contributed by atoms with Crippen LogP contribution < -0.4 is 0 Å². The molecule has 7 nitrogen and oxygen atoms in total. The first-order valence-electron chi connectivity index (χ1n) is 8.33. The lowest BCUT2D eigenvalue weighted by atomic mass is 10.1. The molecule has 0 spiro atoms. The minimum Gasteiger partial charge on any atom is -0.274 e. The second-order valence-corrected chi connectivity index (χ2v) is 7.22. The largest absolute Gasteiger partial charge is 0.274 e. The van der Waals surface area contributed by atoms with Crippen molar-refractivity contribution in [3.63, 3.8) is 0 Å². The molecule has 26 heavy (non-hydrogen) atoms. The highest BCUT2D eigenvalue weighted by atomic mass is 32.2. The van der Waals surface area contributed by atoms with Gasteiger partial charge in [0.05, 0.1) is 11.1 Å². The van der Waals surface area contributed by atoms with Gasteiger partial charge in [0, 0.05) is 23.7 Å². The molecule has 1 aliphatic rings. The van der Waals surface area contributed by atoms with Gasteiger partial charge in [0.25, 0.3) is 17.6 Å². The van der Waals surface area contributed by atoms with Crippen LogP contribution in [0.1, 0.15) is 38.5 Å². The SMILES string of the molecule is Cc1cc(C)n2nc(SCCCN3C(=O)c4ccccc4C3=O)nc2n1. The smallest absolute Gasteiger partial charge is 0.261 e. The highest BCUT2D eigenvalue weighted by Gasteiger charge is 2.34. The predicted molar refractivity (Wildman–Crippen MR) is 97.4 cm³/mol. The van der Waals surface area contributed by atoms with Crippen molar-refractivity contribution in [2.45, 2.75) is 25.4 Å². The summed E-state index contributed by atoms with van der Waals surface area (Å²) in [5.41, 5.74) is 2.87. The fourth-order valence-corrected chi connectivity index (χ4v) is 3.78. The van der Waals surface area contributed by atoms with Crippen LogP contribution in [-0.2, 0) is 0 Å². The lowest BCUT2D eigenvalue weighted by Gasteiger charge is -2.12. The molecule has 0 fully saturated rings. The van der Waals surface area contributed by atoms with E-state index in [1.807, 2.05) is 19.9 Å². The maximum absolute atomic E-state index is 12.3. The molecule has 8 heteroatoms. The number of imide groups is 1. The third kappa shape index (κ3) is 2.86. The summed E-state index contributed by atoms with van der Waals surface area (Å²) in [4.78, 5) is 34.7. The van der Waals surface area contributed by atoms with Gasteiger partial charge in [-0.3, -0.25) is 14.5 Å². The summed E-state index contributed by atoms with van der Waals surface area (Å²) in [5, 5.41) is 5.09. The molecule has 132 valence electrons. The molecule has 2 amide bonds. The van der Waals surface area contributed by atoms with Crippen LogP contribution in [0.5, 0.6) is 0 Å². The first-order chi connectivity index (χ1) is 12.5. The lowest BCUT2D eigenvalue weighted by Crippen LogP contribution is -2.31. The summed E-state index contributed by atoms with van der Waals surface area (Å²) in [5.74, 6) is 0.876. The van der Waals surface area contributed by atoms with E-state index >= 15 is 0 Å². The van der Waals surface area contributed by atoms with Crippen molar-refractivity contribution in [2.75, 3.05) is 12.3 Å². The number of benzene rings is 1. The van der Waals surface area contributed by atoms with E-state index in [1.54, 1.807) is 28.8 Å². The molecule has 0 atom stereocenters.